The van der Waals surface area contributed by atoms with Gasteiger partial charge in [-0.15, -0.1) is 11.3 Å². The molecule has 122 valence electrons. The number of esters is 1. The zero-order valence-corrected chi connectivity index (χ0v) is 15.8. The molecule has 0 radical (unpaired) electrons. The fraction of sp³-hybridized carbons (Fsp3) is 0.111. The number of ether oxygens (including phenoxy) is 1. The van der Waals surface area contributed by atoms with E-state index in [1.165, 1.54) is 11.3 Å². The highest BCUT2D eigenvalue weighted by molar-refractivity contribution is 14.1. The van der Waals surface area contributed by atoms with Gasteiger partial charge in [-0.25, -0.2) is 4.79 Å². The van der Waals surface area contributed by atoms with Crippen molar-refractivity contribution in [2.24, 2.45) is 0 Å². The van der Waals surface area contributed by atoms with Gasteiger partial charge in [-0.2, -0.15) is 0 Å². The highest BCUT2D eigenvalue weighted by Gasteiger charge is 2.22. The molecule has 0 unspecified atom stereocenters. The fourth-order valence-electron chi connectivity index (χ4n) is 2.36. The second-order valence-corrected chi connectivity index (χ2v) is 7.17. The van der Waals surface area contributed by atoms with Crippen LogP contribution < -0.4 is 5.32 Å². The van der Waals surface area contributed by atoms with E-state index < -0.39 is 5.97 Å². The zero-order chi connectivity index (χ0) is 17.1. The first-order chi connectivity index (χ1) is 11.6. The topological polar surface area (TPSA) is 55.4 Å². The molecular weight excluding hydrogens is 437 g/mol. The lowest BCUT2D eigenvalue weighted by molar-refractivity contribution is 0.0530. The molecule has 0 aliphatic heterocycles. The molecule has 24 heavy (non-hydrogen) atoms. The van der Waals surface area contributed by atoms with Crippen molar-refractivity contribution in [3.63, 3.8) is 0 Å². The van der Waals surface area contributed by atoms with E-state index in [0.717, 1.165) is 13.7 Å². The number of fused-ring (bicyclic) bond motifs is 1. The third-order valence-electron chi connectivity index (χ3n) is 3.42. The molecule has 1 heterocycles. The summed E-state index contributed by atoms with van der Waals surface area (Å²) in [6.07, 6.45) is 0. The SMILES string of the molecule is CCOC(=O)c1c(NC(=O)c2ccccc2I)sc2ccccc12. The molecule has 2 aromatic carbocycles. The van der Waals surface area contributed by atoms with Crippen molar-refractivity contribution in [1.29, 1.82) is 0 Å². The third kappa shape index (κ3) is 3.29. The van der Waals surface area contributed by atoms with Gasteiger partial charge in [0.1, 0.15) is 10.6 Å². The van der Waals surface area contributed by atoms with Crippen LogP contribution in [0.15, 0.2) is 48.5 Å². The minimum absolute atomic E-state index is 0.239. The molecule has 1 N–H and O–H groups in total. The van der Waals surface area contributed by atoms with E-state index in [-0.39, 0.29) is 12.5 Å². The summed E-state index contributed by atoms with van der Waals surface area (Å²) in [7, 11) is 0. The van der Waals surface area contributed by atoms with Crippen LogP contribution in [-0.4, -0.2) is 18.5 Å². The average Bonchev–Trinajstić information content (AvgIpc) is 2.93. The Morgan fingerprint density at radius 1 is 1.12 bits per heavy atom. The molecule has 6 heteroatoms. The molecule has 1 aromatic heterocycles. The van der Waals surface area contributed by atoms with Gasteiger partial charge in [-0.3, -0.25) is 4.79 Å². The Balaban J connectivity index is 2.03. The third-order valence-corrected chi connectivity index (χ3v) is 5.45. The molecule has 0 aliphatic rings. The van der Waals surface area contributed by atoms with Crippen molar-refractivity contribution in [2.75, 3.05) is 11.9 Å². The highest BCUT2D eigenvalue weighted by atomic mass is 127. The first-order valence-corrected chi connectivity index (χ1v) is 9.26. The standard InChI is InChI=1S/C18H14INO3S/c1-2-23-18(22)15-12-8-4-6-10-14(12)24-17(15)20-16(21)11-7-3-5-9-13(11)19/h3-10H,2H2,1H3,(H,20,21). The summed E-state index contributed by atoms with van der Waals surface area (Å²) >= 11 is 3.49. The van der Waals surface area contributed by atoms with Gasteiger partial charge >= 0.3 is 5.97 Å². The van der Waals surface area contributed by atoms with E-state index in [4.69, 9.17) is 4.74 Å². The Labute approximate surface area is 157 Å². The Kier molecular flexibility index (Phi) is 5.15. The quantitative estimate of drug-likeness (QED) is 0.452. The van der Waals surface area contributed by atoms with Crippen LogP contribution in [0.5, 0.6) is 0 Å². The second-order valence-electron chi connectivity index (χ2n) is 4.96. The van der Waals surface area contributed by atoms with Crippen LogP contribution in [0.3, 0.4) is 0 Å². The van der Waals surface area contributed by atoms with Crippen molar-refractivity contribution >= 4 is 60.9 Å². The van der Waals surface area contributed by atoms with Gasteiger partial charge in [0.25, 0.3) is 5.91 Å². The van der Waals surface area contributed by atoms with Crippen molar-refractivity contribution in [2.45, 2.75) is 6.92 Å². The second kappa shape index (κ2) is 7.31. The smallest absolute Gasteiger partial charge is 0.341 e. The fourth-order valence-corrected chi connectivity index (χ4v) is 4.07. The van der Waals surface area contributed by atoms with E-state index in [0.29, 0.717) is 16.1 Å². The van der Waals surface area contributed by atoms with Crippen molar-refractivity contribution in [1.82, 2.24) is 0 Å². The molecule has 3 rings (SSSR count). The van der Waals surface area contributed by atoms with Crippen molar-refractivity contribution in [3.05, 3.63) is 63.2 Å². The summed E-state index contributed by atoms with van der Waals surface area (Å²) in [4.78, 5) is 24.9. The molecule has 0 aliphatic carbocycles. The van der Waals surface area contributed by atoms with Gasteiger partial charge in [0, 0.05) is 13.7 Å². The van der Waals surface area contributed by atoms with Crippen LogP contribution in [0.25, 0.3) is 10.1 Å². The summed E-state index contributed by atoms with van der Waals surface area (Å²) in [5, 5.41) is 4.17. The highest BCUT2D eigenvalue weighted by Crippen LogP contribution is 2.36. The molecule has 0 bridgehead atoms. The molecular formula is C18H14INO3S. The van der Waals surface area contributed by atoms with Gasteiger partial charge in [-0.05, 0) is 47.7 Å². The minimum atomic E-state index is -0.423. The van der Waals surface area contributed by atoms with E-state index in [1.807, 2.05) is 42.5 Å². The predicted octanol–water partition coefficient (Wildman–Crippen LogP) is 4.93. The summed E-state index contributed by atoms with van der Waals surface area (Å²) in [5.41, 5.74) is 0.988. The number of benzene rings is 2. The van der Waals surface area contributed by atoms with E-state index in [2.05, 4.69) is 27.9 Å². The Morgan fingerprint density at radius 2 is 1.83 bits per heavy atom. The average molecular weight is 451 g/mol. The maximum atomic E-state index is 12.6. The van der Waals surface area contributed by atoms with E-state index in [9.17, 15) is 9.59 Å². The van der Waals surface area contributed by atoms with Gasteiger partial charge in [0.2, 0.25) is 0 Å². The van der Waals surface area contributed by atoms with Gasteiger partial charge in [0.15, 0.2) is 0 Å². The van der Waals surface area contributed by atoms with E-state index >= 15 is 0 Å². The number of halogens is 1. The number of hydrogen-bond acceptors (Lipinski definition) is 4. The monoisotopic (exact) mass is 451 g/mol. The van der Waals surface area contributed by atoms with E-state index in [1.54, 1.807) is 13.0 Å². The number of carbonyl (C=O) groups is 2. The summed E-state index contributed by atoms with van der Waals surface area (Å²) in [6, 6.07) is 14.9. The Morgan fingerprint density at radius 3 is 2.58 bits per heavy atom. The molecule has 0 saturated carbocycles. The number of hydrogen-bond donors (Lipinski definition) is 1. The number of thiophene rings is 1. The first-order valence-electron chi connectivity index (χ1n) is 7.36. The number of nitrogens with one attached hydrogen (secondary N) is 1. The molecule has 3 aromatic rings. The lowest BCUT2D eigenvalue weighted by atomic mass is 10.1. The first kappa shape index (κ1) is 16.9. The molecule has 0 fully saturated rings. The minimum Gasteiger partial charge on any atom is -0.462 e. The van der Waals surface area contributed by atoms with Gasteiger partial charge in [-0.1, -0.05) is 30.3 Å². The summed E-state index contributed by atoms with van der Waals surface area (Å²) in [5.74, 6) is -0.662. The number of amides is 1. The molecule has 4 nitrogen and oxygen atoms in total. The van der Waals surface area contributed by atoms with Crippen LogP contribution in [0, 0.1) is 3.57 Å². The normalized spacial score (nSPS) is 10.6. The van der Waals surface area contributed by atoms with Gasteiger partial charge in [0.05, 0.1) is 12.2 Å². The van der Waals surface area contributed by atoms with Gasteiger partial charge < -0.3 is 10.1 Å². The largest absolute Gasteiger partial charge is 0.462 e. The zero-order valence-electron chi connectivity index (χ0n) is 12.8. The van der Waals surface area contributed by atoms with Crippen LogP contribution in [0.2, 0.25) is 0 Å². The van der Waals surface area contributed by atoms with Crippen LogP contribution in [0.1, 0.15) is 27.6 Å². The summed E-state index contributed by atoms with van der Waals surface area (Å²) in [6.45, 7) is 2.05. The lowest BCUT2D eigenvalue weighted by Crippen LogP contribution is -2.15. The Hall–Kier alpha value is -1.93. The maximum Gasteiger partial charge on any atom is 0.341 e. The summed E-state index contributed by atoms with van der Waals surface area (Å²) < 4.78 is 6.94. The van der Waals surface area contributed by atoms with Crippen molar-refractivity contribution < 1.29 is 14.3 Å². The molecule has 0 atom stereocenters. The maximum absolute atomic E-state index is 12.6. The molecule has 1 amide bonds. The number of carbonyl (C=O) groups excluding carboxylic acids is 2. The predicted molar refractivity (Wildman–Crippen MR) is 105 cm³/mol. The Bertz CT molecular complexity index is 920. The molecule has 0 spiro atoms. The number of rotatable bonds is 4. The van der Waals surface area contributed by atoms with Crippen molar-refractivity contribution in [3.8, 4) is 0 Å². The van der Waals surface area contributed by atoms with Crippen LogP contribution >= 0.6 is 33.9 Å². The molecule has 0 saturated heterocycles. The number of anilines is 1. The van der Waals surface area contributed by atoms with Crippen LogP contribution in [-0.2, 0) is 4.74 Å². The van der Waals surface area contributed by atoms with Crippen LogP contribution in [0.4, 0.5) is 5.00 Å². The lowest BCUT2D eigenvalue weighted by Gasteiger charge is -2.07.